The molecule has 0 bridgehead atoms. The molecule has 1 aromatic carbocycles. The minimum atomic E-state index is -3.75. The van der Waals surface area contributed by atoms with Gasteiger partial charge in [0.25, 0.3) is 0 Å². The molecule has 31 heavy (non-hydrogen) atoms. The lowest BCUT2D eigenvalue weighted by atomic mass is 9.89. The highest BCUT2D eigenvalue weighted by Gasteiger charge is 2.47. The molecular formula is C24H39NO4S2. The molecule has 1 aliphatic carbocycles. The molecule has 0 atom stereocenters. The fraction of sp³-hybridized carbons (Fsp3) is 0.750. The summed E-state index contributed by atoms with van der Waals surface area (Å²) in [7, 11) is -7.03. The predicted molar refractivity (Wildman–Crippen MR) is 127 cm³/mol. The van der Waals surface area contributed by atoms with E-state index in [9.17, 15) is 16.8 Å². The van der Waals surface area contributed by atoms with Gasteiger partial charge in [0.05, 0.1) is 15.4 Å². The summed E-state index contributed by atoms with van der Waals surface area (Å²) in [5, 5.41) is -0.857. The number of benzene rings is 1. The standard InChI is InChI=1S/C24H39NO4S2/c1-16(2)19-12-22(17(3)4)24(23(13-19)18(5)6)31(28,29)25-14-21(15-25)30(26,27)20-10-8-7-9-11-20/h12-13,16-18,20-21H,7-11,14-15H2,1-6H3. The molecule has 0 aromatic heterocycles. The van der Waals surface area contributed by atoms with Gasteiger partial charge in [-0.05, 0) is 47.3 Å². The van der Waals surface area contributed by atoms with Crippen LogP contribution < -0.4 is 0 Å². The second kappa shape index (κ2) is 9.14. The SMILES string of the molecule is CC(C)c1cc(C(C)C)c(S(=O)(=O)N2CC(S(=O)(=O)C3CCCCC3)C2)c(C(C)C)c1. The highest BCUT2D eigenvalue weighted by Crippen LogP contribution is 2.39. The Morgan fingerprint density at radius 2 is 1.23 bits per heavy atom. The van der Waals surface area contributed by atoms with Gasteiger partial charge in [0.15, 0.2) is 9.84 Å². The third-order valence-corrected chi connectivity index (χ3v) is 11.6. The second-order valence-corrected chi connectivity index (χ2v) is 14.7. The monoisotopic (exact) mass is 469 g/mol. The molecule has 0 radical (unpaired) electrons. The minimum Gasteiger partial charge on any atom is -0.228 e. The summed E-state index contributed by atoms with van der Waals surface area (Å²) in [6.45, 7) is 12.5. The molecule has 176 valence electrons. The van der Waals surface area contributed by atoms with E-state index in [0.717, 1.165) is 48.8 Å². The zero-order valence-corrected chi connectivity index (χ0v) is 21.5. The average Bonchev–Trinajstić information content (AvgIpc) is 2.65. The van der Waals surface area contributed by atoms with Gasteiger partial charge in [-0.1, -0.05) is 72.9 Å². The number of sulfone groups is 1. The third-order valence-electron chi connectivity index (χ3n) is 6.97. The summed E-state index contributed by atoms with van der Waals surface area (Å²) < 4.78 is 54.9. The summed E-state index contributed by atoms with van der Waals surface area (Å²) in [5.41, 5.74) is 2.83. The van der Waals surface area contributed by atoms with Crippen LogP contribution in [0.5, 0.6) is 0 Å². The molecule has 3 rings (SSSR count). The first-order valence-corrected chi connectivity index (χ1v) is 14.8. The second-order valence-electron chi connectivity index (χ2n) is 10.3. The van der Waals surface area contributed by atoms with Crippen LogP contribution in [0.1, 0.15) is 108 Å². The molecule has 7 heteroatoms. The van der Waals surface area contributed by atoms with Crippen LogP contribution in [-0.4, -0.2) is 44.7 Å². The Labute approximate surface area is 189 Å². The van der Waals surface area contributed by atoms with E-state index in [4.69, 9.17) is 0 Å². The zero-order chi connectivity index (χ0) is 23.1. The largest absolute Gasteiger partial charge is 0.243 e. The van der Waals surface area contributed by atoms with Crippen LogP contribution in [0.2, 0.25) is 0 Å². The van der Waals surface area contributed by atoms with Crippen LogP contribution in [0.3, 0.4) is 0 Å². The van der Waals surface area contributed by atoms with Crippen LogP contribution in [0.25, 0.3) is 0 Å². The maximum atomic E-state index is 13.7. The van der Waals surface area contributed by atoms with Gasteiger partial charge >= 0.3 is 0 Å². The summed E-state index contributed by atoms with van der Waals surface area (Å²) in [4.78, 5) is 0.399. The van der Waals surface area contributed by atoms with Gasteiger partial charge in [0, 0.05) is 13.1 Å². The molecule has 0 spiro atoms. The van der Waals surface area contributed by atoms with E-state index in [1.54, 1.807) is 0 Å². The first-order chi connectivity index (χ1) is 14.4. The molecule has 1 aromatic rings. The van der Waals surface area contributed by atoms with Crippen molar-refractivity contribution < 1.29 is 16.8 Å². The minimum absolute atomic E-state index is 0.0593. The van der Waals surface area contributed by atoms with E-state index < -0.39 is 25.1 Å². The molecule has 2 fully saturated rings. The highest BCUT2D eigenvalue weighted by atomic mass is 32.2. The number of sulfonamides is 1. The van der Waals surface area contributed by atoms with Gasteiger partial charge in [0.2, 0.25) is 10.0 Å². The Hall–Kier alpha value is -0.920. The van der Waals surface area contributed by atoms with Crippen LogP contribution in [0.4, 0.5) is 0 Å². The average molecular weight is 470 g/mol. The first-order valence-electron chi connectivity index (χ1n) is 11.8. The molecule has 0 N–H and O–H groups in total. The van der Waals surface area contributed by atoms with Gasteiger partial charge in [-0.2, -0.15) is 4.31 Å². The van der Waals surface area contributed by atoms with E-state index in [1.165, 1.54) is 4.31 Å². The fourth-order valence-electron chi connectivity index (χ4n) is 4.79. The van der Waals surface area contributed by atoms with Crippen molar-refractivity contribution in [2.75, 3.05) is 13.1 Å². The lowest BCUT2D eigenvalue weighted by Crippen LogP contribution is -2.58. The van der Waals surface area contributed by atoms with Gasteiger partial charge in [-0.25, -0.2) is 16.8 Å². The molecule has 1 heterocycles. The Balaban J connectivity index is 1.94. The zero-order valence-electron chi connectivity index (χ0n) is 19.9. The topological polar surface area (TPSA) is 71.5 Å². The van der Waals surface area contributed by atoms with Crippen LogP contribution in [-0.2, 0) is 19.9 Å². The van der Waals surface area contributed by atoms with E-state index >= 15 is 0 Å². The van der Waals surface area contributed by atoms with Crippen LogP contribution in [0, 0.1) is 0 Å². The molecule has 5 nitrogen and oxygen atoms in total. The van der Waals surface area contributed by atoms with Gasteiger partial charge < -0.3 is 0 Å². The molecular weight excluding hydrogens is 430 g/mol. The Morgan fingerprint density at radius 1 is 0.742 bits per heavy atom. The van der Waals surface area contributed by atoms with Crippen molar-refractivity contribution in [3.8, 4) is 0 Å². The summed E-state index contributed by atoms with van der Waals surface area (Å²) in [6, 6.07) is 4.06. The first kappa shape index (κ1) is 24.7. The molecule has 1 saturated heterocycles. The number of nitrogens with zero attached hydrogens (tertiary/aromatic N) is 1. The van der Waals surface area contributed by atoms with Crippen molar-refractivity contribution in [3.63, 3.8) is 0 Å². The predicted octanol–water partition coefficient (Wildman–Crippen LogP) is 5.18. The van der Waals surface area contributed by atoms with E-state index in [2.05, 4.69) is 13.8 Å². The Bertz CT molecular complexity index is 969. The fourth-order valence-corrected chi connectivity index (χ4v) is 9.48. The van der Waals surface area contributed by atoms with Gasteiger partial charge in [0.1, 0.15) is 0 Å². The summed E-state index contributed by atoms with van der Waals surface area (Å²) in [6.07, 6.45) is 4.45. The van der Waals surface area contributed by atoms with Crippen molar-refractivity contribution in [2.45, 2.75) is 107 Å². The smallest absolute Gasteiger partial charge is 0.228 e. The molecule has 1 aliphatic heterocycles. The maximum Gasteiger partial charge on any atom is 0.243 e. The van der Waals surface area contributed by atoms with E-state index in [0.29, 0.717) is 10.8 Å². The quantitative estimate of drug-likeness (QED) is 0.552. The van der Waals surface area contributed by atoms with Crippen molar-refractivity contribution in [1.29, 1.82) is 0 Å². The van der Waals surface area contributed by atoms with Crippen molar-refractivity contribution in [2.24, 2.45) is 0 Å². The number of hydrogen-bond acceptors (Lipinski definition) is 4. The number of hydrogen-bond donors (Lipinski definition) is 0. The van der Waals surface area contributed by atoms with Gasteiger partial charge in [-0.3, -0.25) is 0 Å². The normalized spacial score (nSPS) is 20.0. The molecule has 0 amide bonds. The molecule has 1 saturated carbocycles. The van der Waals surface area contributed by atoms with Crippen LogP contribution >= 0.6 is 0 Å². The summed E-state index contributed by atoms with van der Waals surface area (Å²) in [5.74, 6) is 0.425. The van der Waals surface area contributed by atoms with E-state index in [1.807, 2.05) is 39.8 Å². The Morgan fingerprint density at radius 3 is 1.65 bits per heavy atom. The lowest BCUT2D eigenvalue weighted by molar-refractivity contribution is 0.305. The molecule has 2 aliphatic rings. The Kier molecular flexibility index (Phi) is 7.29. The maximum absolute atomic E-state index is 13.7. The van der Waals surface area contributed by atoms with E-state index in [-0.39, 0.29) is 30.2 Å². The lowest BCUT2D eigenvalue weighted by Gasteiger charge is -2.40. The van der Waals surface area contributed by atoms with Crippen LogP contribution in [0.15, 0.2) is 17.0 Å². The van der Waals surface area contributed by atoms with Crippen molar-refractivity contribution in [3.05, 3.63) is 28.8 Å². The van der Waals surface area contributed by atoms with Crippen molar-refractivity contribution in [1.82, 2.24) is 4.31 Å². The summed E-state index contributed by atoms with van der Waals surface area (Å²) >= 11 is 0. The molecule has 0 unspecified atom stereocenters. The third kappa shape index (κ3) is 4.74. The highest BCUT2D eigenvalue weighted by molar-refractivity contribution is 7.93. The van der Waals surface area contributed by atoms with Gasteiger partial charge in [-0.15, -0.1) is 0 Å². The van der Waals surface area contributed by atoms with Crippen molar-refractivity contribution >= 4 is 19.9 Å². The number of rotatable bonds is 7.